The molecule has 1 heterocycles. The van der Waals surface area contributed by atoms with Gasteiger partial charge in [-0.15, -0.1) is 0 Å². The van der Waals surface area contributed by atoms with Gasteiger partial charge in [-0.05, 0) is 30.7 Å². The molecule has 1 aliphatic carbocycles. The van der Waals surface area contributed by atoms with E-state index < -0.39 is 11.9 Å². The Morgan fingerprint density at radius 2 is 2.06 bits per heavy atom. The van der Waals surface area contributed by atoms with Crippen LogP contribution in [0.15, 0.2) is 0 Å². The Hall–Kier alpha value is -1.10. The third-order valence-electron chi connectivity index (χ3n) is 4.66. The third kappa shape index (κ3) is 2.36. The molecule has 0 bridgehead atoms. The average molecular weight is 254 g/mol. The second-order valence-electron chi connectivity index (χ2n) is 5.96. The second kappa shape index (κ2) is 4.88. The number of nitrogens with two attached hydrogens (primary N) is 1. The Kier molecular flexibility index (Phi) is 3.61. The molecular formula is C13H22N2O3. The molecule has 18 heavy (non-hydrogen) atoms. The summed E-state index contributed by atoms with van der Waals surface area (Å²) < 4.78 is 0. The number of amides is 1. The predicted molar refractivity (Wildman–Crippen MR) is 66.8 cm³/mol. The van der Waals surface area contributed by atoms with Crippen LogP contribution in [0.2, 0.25) is 0 Å². The largest absolute Gasteiger partial charge is 0.481 e. The van der Waals surface area contributed by atoms with E-state index >= 15 is 0 Å². The third-order valence-corrected chi connectivity index (χ3v) is 4.66. The molecular weight excluding hydrogens is 232 g/mol. The van der Waals surface area contributed by atoms with Crippen LogP contribution in [-0.4, -0.2) is 41.5 Å². The number of likely N-dealkylation sites (tertiary alicyclic amines) is 1. The molecule has 1 aliphatic heterocycles. The lowest BCUT2D eigenvalue weighted by atomic mass is 9.66. The highest BCUT2D eigenvalue weighted by atomic mass is 16.4. The highest BCUT2D eigenvalue weighted by Gasteiger charge is 2.42. The van der Waals surface area contributed by atoms with E-state index in [1.807, 2.05) is 6.92 Å². The molecule has 1 saturated heterocycles. The van der Waals surface area contributed by atoms with Crippen LogP contribution in [0.1, 0.15) is 32.6 Å². The molecule has 102 valence electrons. The lowest BCUT2D eigenvalue weighted by Gasteiger charge is -2.41. The molecule has 2 fully saturated rings. The number of nitrogens with zero attached hydrogens (tertiary/aromatic N) is 1. The fourth-order valence-electron chi connectivity index (χ4n) is 3.05. The summed E-state index contributed by atoms with van der Waals surface area (Å²) in [6.45, 7) is 3.38. The lowest BCUT2D eigenvalue weighted by molar-refractivity contribution is -0.142. The highest BCUT2D eigenvalue weighted by Crippen LogP contribution is 2.43. The summed E-state index contributed by atoms with van der Waals surface area (Å²) in [5, 5.41) is 9.06. The summed E-state index contributed by atoms with van der Waals surface area (Å²) in [6, 6.07) is 0. The molecule has 3 N–H and O–H groups in total. The zero-order valence-electron chi connectivity index (χ0n) is 10.9. The van der Waals surface area contributed by atoms with Crippen molar-refractivity contribution in [1.82, 2.24) is 4.90 Å². The van der Waals surface area contributed by atoms with Gasteiger partial charge in [0.25, 0.3) is 0 Å². The Balaban J connectivity index is 1.93. The Bertz CT molecular complexity index is 347. The molecule has 0 aromatic rings. The van der Waals surface area contributed by atoms with Crippen LogP contribution in [0.25, 0.3) is 0 Å². The van der Waals surface area contributed by atoms with Crippen molar-refractivity contribution in [3.05, 3.63) is 0 Å². The van der Waals surface area contributed by atoms with Gasteiger partial charge in [-0.1, -0.05) is 13.3 Å². The molecule has 2 rings (SSSR count). The number of carbonyl (C=O) groups excluding carboxylic acids is 1. The molecule has 5 heteroatoms. The number of aliphatic carboxylic acids is 1. The first-order chi connectivity index (χ1) is 8.47. The topological polar surface area (TPSA) is 83.6 Å². The van der Waals surface area contributed by atoms with Crippen LogP contribution in [0.5, 0.6) is 0 Å². The van der Waals surface area contributed by atoms with Crippen LogP contribution < -0.4 is 5.73 Å². The van der Waals surface area contributed by atoms with Crippen molar-refractivity contribution in [3.8, 4) is 0 Å². The Morgan fingerprint density at radius 3 is 2.44 bits per heavy atom. The first kappa shape index (κ1) is 13.3. The zero-order chi connectivity index (χ0) is 13.3. The Morgan fingerprint density at radius 1 is 1.39 bits per heavy atom. The van der Waals surface area contributed by atoms with Crippen molar-refractivity contribution < 1.29 is 14.7 Å². The summed E-state index contributed by atoms with van der Waals surface area (Å²) >= 11 is 0. The fraction of sp³-hybridized carbons (Fsp3) is 0.846. The summed E-state index contributed by atoms with van der Waals surface area (Å²) in [4.78, 5) is 24.9. The van der Waals surface area contributed by atoms with Gasteiger partial charge in [-0.25, -0.2) is 0 Å². The maximum Gasteiger partial charge on any atom is 0.308 e. The number of carbonyl (C=O) groups is 2. The lowest BCUT2D eigenvalue weighted by Crippen LogP contribution is -2.43. The first-order valence-electron chi connectivity index (χ1n) is 6.68. The van der Waals surface area contributed by atoms with Crippen LogP contribution >= 0.6 is 0 Å². The van der Waals surface area contributed by atoms with E-state index in [4.69, 9.17) is 10.8 Å². The van der Waals surface area contributed by atoms with Gasteiger partial charge < -0.3 is 15.7 Å². The van der Waals surface area contributed by atoms with Gasteiger partial charge in [-0.2, -0.15) is 0 Å². The van der Waals surface area contributed by atoms with E-state index in [9.17, 15) is 9.59 Å². The number of hydrogen-bond acceptors (Lipinski definition) is 3. The van der Waals surface area contributed by atoms with Crippen molar-refractivity contribution in [1.29, 1.82) is 0 Å². The number of rotatable bonds is 4. The molecule has 2 aliphatic rings. The Labute approximate surface area is 107 Å². The maximum atomic E-state index is 12.2. The summed E-state index contributed by atoms with van der Waals surface area (Å²) in [5.41, 5.74) is 5.76. The van der Waals surface area contributed by atoms with Crippen molar-refractivity contribution in [2.45, 2.75) is 32.6 Å². The van der Waals surface area contributed by atoms with Gasteiger partial charge in [0.15, 0.2) is 0 Å². The van der Waals surface area contributed by atoms with Gasteiger partial charge >= 0.3 is 5.97 Å². The minimum atomic E-state index is -0.796. The van der Waals surface area contributed by atoms with Crippen LogP contribution in [0, 0.1) is 17.3 Å². The molecule has 1 saturated carbocycles. The fourth-order valence-corrected chi connectivity index (χ4v) is 3.05. The van der Waals surface area contributed by atoms with Gasteiger partial charge in [0.2, 0.25) is 5.91 Å². The number of carboxylic acids is 1. The average Bonchev–Trinajstić information content (AvgIpc) is 2.65. The quantitative estimate of drug-likeness (QED) is 0.773. The van der Waals surface area contributed by atoms with E-state index in [1.54, 1.807) is 4.90 Å². The first-order valence-corrected chi connectivity index (χ1v) is 6.68. The minimum Gasteiger partial charge on any atom is -0.481 e. The summed E-state index contributed by atoms with van der Waals surface area (Å²) in [7, 11) is 0. The predicted octanol–water partition coefficient (Wildman–Crippen LogP) is 0.685. The SMILES string of the molecule is C[C@@H]1CN(C(=O)CC2(CN)CCC2)C[C@H]1C(=O)O. The molecule has 1 amide bonds. The van der Waals surface area contributed by atoms with Crippen LogP contribution in [0.3, 0.4) is 0 Å². The zero-order valence-corrected chi connectivity index (χ0v) is 10.9. The van der Waals surface area contributed by atoms with Crippen LogP contribution in [0.4, 0.5) is 0 Å². The number of hydrogen-bond donors (Lipinski definition) is 2. The molecule has 0 unspecified atom stereocenters. The molecule has 0 spiro atoms. The summed E-state index contributed by atoms with van der Waals surface area (Å²) in [6.07, 6.45) is 3.70. The second-order valence-corrected chi connectivity index (χ2v) is 5.96. The standard InChI is InChI=1S/C13H22N2O3/c1-9-6-15(7-10(9)12(17)18)11(16)5-13(8-14)3-2-4-13/h9-10H,2-8,14H2,1H3,(H,17,18)/t9-,10-/m1/s1. The highest BCUT2D eigenvalue weighted by molar-refractivity contribution is 5.79. The molecule has 0 aromatic heterocycles. The molecule has 0 aromatic carbocycles. The number of carboxylic acid groups (broad SMARTS) is 1. The van der Waals surface area contributed by atoms with Gasteiger partial charge in [-0.3, -0.25) is 9.59 Å². The minimum absolute atomic E-state index is 0.00162. The van der Waals surface area contributed by atoms with Gasteiger partial charge in [0, 0.05) is 19.5 Å². The van der Waals surface area contributed by atoms with Crippen molar-refractivity contribution in [2.24, 2.45) is 23.0 Å². The van der Waals surface area contributed by atoms with E-state index in [2.05, 4.69) is 0 Å². The van der Waals surface area contributed by atoms with E-state index in [0.717, 1.165) is 19.3 Å². The van der Waals surface area contributed by atoms with Crippen molar-refractivity contribution in [2.75, 3.05) is 19.6 Å². The smallest absolute Gasteiger partial charge is 0.308 e. The molecule has 2 atom stereocenters. The molecule has 5 nitrogen and oxygen atoms in total. The normalized spacial score (nSPS) is 30.0. The summed E-state index contributed by atoms with van der Waals surface area (Å²) in [5.74, 6) is -1.09. The molecule has 0 radical (unpaired) electrons. The van der Waals surface area contributed by atoms with Gasteiger partial charge in [0.05, 0.1) is 5.92 Å². The van der Waals surface area contributed by atoms with Crippen molar-refractivity contribution >= 4 is 11.9 Å². The van der Waals surface area contributed by atoms with E-state index in [-0.39, 0.29) is 17.2 Å². The maximum absolute atomic E-state index is 12.2. The van der Waals surface area contributed by atoms with E-state index in [1.165, 1.54) is 0 Å². The monoisotopic (exact) mass is 254 g/mol. The van der Waals surface area contributed by atoms with Crippen LogP contribution in [-0.2, 0) is 9.59 Å². The van der Waals surface area contributed by atoms with E-state index in [0.29, 0.717) is 26.1 Å². The van der Waals surface area contributed by atoms with Gasteiger partial charge in [0.1, 0.15) is 0 Å². The van der Waals surface area contributed by atoms with Crippen molar-refractivity contribution in [3.63, 3.8) is 0 Å².